The van der Waals surface area contributed by atoms with Crippen molar-refractivity contribution in [3.8, 4) is 5.75 Å². The van der Waals surface area contributed by atoms with Gasteiger partial charge in [-0.3, -0.25) is 9.59 Å². The van der Waals surface area contributed by atoms with Crippen LogP contribution in [0.25, 0.3) is 10.8 Å². The summed E-state index contributed by atoms with van der Waals surface area (Å²) in [7, 11) is -3.92. The first kappa shape index (κ1) is 24.7. The molecule has 1 aliphatic heterocycles. The SMILES string of the molecule is O=Cc1ccc2c(c1)OCC[C@H]2NC(=O)CC(NS(=O)(=O)c1ccc2ccccc2c1)c1ccccc1. The van der Waals surface area contributed by atoms with E-state index in [1.807, 2.05) is 42.5 Å². The van der Waals surface area contributed by atoms with E-state index < -0.39 is 16.1 Å². The van der Waals surface area contributed by atoms with E-state index >= 15 is 0 Å². The molecule has 37 heavy (non-hydrogen) atoms. The first-order valence-corrected chi connectivity index (χ1v) is 13.5. The Hall–Kier alpha value is -4.01. The molecule has 0 saturated heterocycles. The van der Waals surface area contributed by atoms with Crippen LogP contribution in [-0.2, 0) is 14.8 Å². The molecule has 0 aromatic heterocycles. The molecule has 1 aliphatic rings. The summed E-state index contributed by atoms with van der Waals surface area (Å²) in [5, 5.41) is 4.78. The van der Waals surface area contributed by atoms with Crippen molar-refractivity contribution in [2.45, 2.75) is 29.8 Å². The fourth-order valence-electron chi connectivity index (χ4n) is 4.57. The number of hydrogen-bond acceptors (Lipinski definition) is 5. The van der Waals surface area contributed by atoms with Gasteiger partial charge in [-0.05, 0) is 34.5 Å². The van der Waals surface area contributed by atoms with Crippen LogP contribution in [0.2, 0.25) is 0 Å². The standard InChI is InChI=1S/C29H26N2O5S/c32-19-20-10-13-25-26(14-15-36-28(25)16-20)30-29(33)18-27(22-7-2-1-3-8-22)31-37(34,35)24-12-11-21-6-4-5-9-23(21)17-24/h1-13,16-17,19,26-27,31H,14-15,18H2,(H,30,33)/t26-,27?/m1/s1. The minimum Gasteiger partial charge on any atom is -0.493 e. The molecule has 0 saturated carbocycles. The second kappa shape index (κ2) is 10.5. The van der Waals surface area contributed by atoms with Gasteiger partial charge in [-0.1, -0.05) is 72.8 Å². The molecule has 2 atom stereocenters. The lowest BCUT2D eigenvalue weighted by Gasteiger charge is -2.28. The van der Waals surface area contributed by atoms with Crippen molar-refractivity contribution >= 4 is 33.0 Å². The summed E-state index contributed by atoms with van der Waals surface area (Å²) in [6.45, 7) is 0.400. The second-order valence-electron chi connectivity index (χ2n) is 8.97. The Labute approximate surface area is 215 Å². The maximum Gasteiger partial charge on any atom is 0.241 e. The molecule has 5 rings (SSSR count). The van der Waals surface area contributed by atoms with Gasteiger partial charge in [0.15, 0.2) is 0 Å². The predicted octanol–water partition coefficient (Wildman–Crippen LogP) is 4.70. The molecule has 4 aromatic rings. The maximum atomic E-state index is 13.4. The molecule has 8 heteroatoms. The fourth-order valence-corrected chi connectivity index (χ4v) is 5.83. The Morgan fingerprint density at radius 3 is 2.49 bits per heavy atom. The Balaban J connectivity index is 1.37. The van der Waals surface area contributed by atoms with E-state index in [1.54, 1.807) is 48.5 Å². The summed E-state index contributed by atoms with van der Waals surface area (Å²) in [6, 6.07) is 25.6. The molecule has 0 bridgehead atoms. The van der Waals surface area contributed by atoms with Gasteiger partial charge in [0, 0.05) is 24.0 Å². The Bertz CT molecular complexity index is 1550. The molecule has 1 unspecified atom stereocenters. The molecule has 0 fully saturated rings. The van der Waals surface area contributed by atoms with Crippen LogP contribution >= 0.6 is 0 Å². The first-order chi connectivity index (χ1) is 17.9. The van der Waals surface area contributed by atoms with Gasteiger partial charge in [0.1, 0.15) is 12.0 Å². The monoisotopic (exact) mass is 514 g/mol. The van der Waals surface area contributed by atoms with Gasteiger partial charge < -0.3 is 10.1 Å². The molecular formula is C29H26N2O5S. The zero-order valence-electron chi connectivity index (χ0n) is 20.0. The Morgan fingerprint density at radius 1 is 0.946 bits per heavy atom. The normalized spacial score (nSPS) is 15.8. The van der Waals surface area contributed by atoms with Crippen molar-refractivity contribution < 1.29 is 22.7 Å². The molecular weight excluding hydrogens is 488 g/mol. The van der Waals surface area contributed by atoms with E-state index in [0.29, 0.717) is 29.9 Å². The van der Waals surface area contributed by atoms with Gasteiger partial charge in [0.25, 0.3) is 0 Å². The highest BCUT2D eigenvalue weighted by Gasteiger charge is 2.27. The first-order valence-electron chi connectivity index (χ1n) is 12.0. The number of ether oxygens (including phenoxy) is 1. The molecule has 7 nitrogen and oxygen atoms in total. The van der Waals surface area contributed by atoms with Crippen LogP contribution in [0.15, 0.2) is 95.9 Å². The minimum absolute atomic E-state index is 0.0874. The van der Waals surface area contributed by atoms with Crippen molar-refractivity contribution in [2.24, 2.45) is 0 Å². The minimum atomic E-state index is -3.92. The van der Waals surface area contributed by atoms with Crippen molar-refractivity contribution in [1.29, 1.82) is 0 Å². The highest BCUT2D eigenvalue weighted by molar-refractivity contribution is 7.89. The number of aldehydes is 1. The molecule has 2 N–H and O–H groups in total. The number of carbonyl (C=O) groups excluding carboxylic acids is 2. The van der Waals surface area contributed by atoms with E-state index in [2.05, 4.69) is 10.0 Å². The summed E-state index contributed by atoms with van der Waals surface area (Å²) in [4.78, 5) is 24.4. The number of amides is 1. The largest absolute Gasteiger partial charge is 0.493 e. The third-order valence-corrected chi connectivity index (χ3v) is 7.94. The lowest BCUT2D eigenvalue weighted by molar-refractivity contribution is -0.122. The molecule has 0 spiro atoms. The van der Waals surface area contributed by atoms with Gasteiger partial charge in [0.2, 0.25) is 15.9 Å². The smallest absolute Gasteiger partial charge is 0.241 e. The highest BCUT2D eigenvalue weighted by Crippen LogP contribution is 2.33. The number of nitrogens with one attached hydrogen (secondary N) is 2. The van der Waals surface area contributed by atoms with Crippen molar-refractivity contribution in [1.82, 2.24) is 10.0 Å². The van der Waals surface area contributed by atoms with Crippen LogP contribution in [0.4, 0.5) is 0 Å². The second-order valence-corrected chi connectivity index (χ2v) is 10.7. The molecule has 0 radical (unpaired) electrons. The van der Waals surface area contributed by atoms with E-state index in [0.717, 1.165) is 22.6 Å². The molecule has 1 amide bonds. The molecule has 0 aliphatic carbocycles. The van der Waals surface area contributed by atoms with Gasteiger partial charge in [-0.15, -0.1) is 0 Å². The topological polar surface area (TPSA) is 102 Å². The molecule has 188 valence electrons. The third-order valence-electron chi connectivity index (χ3n) is 6.47. The number of benzene rings is 4. The number of fused-ring (bicyclic) bond motifs is 2. The summed E-state index contributed by atoms with van der Waals surface area (Å²) in [5.41, 5.74) is 1.97. The quantitative estimate of drug-likeness (QED) is 0.332. The van der Waals surface area contributed by atoms with Crippen molar-refractivity contribution in [2.75, 3.05) is 6.61 Å². The number of rotatable bonds is 8. The zero-order chi connectivity index (χ0) is 25.8. The van der Waals surface area contributed by atoms with Crippen LogP contribution in [-0.4, -0.2) is 27.2 Å². The lowest BCUT2D eigenvalue weighted by atomic mass is 9.98. The summed E-state index contributed by atoms with van der Waals surface area (Å²) >= 11 is 0. The van der Waals surface area contributed by atoms with E-state index in [4.69, 9.17) is 4.74 Å². The van der Waals surface area contributed by atoms with E-state index in [-0.39, 0.29) is 23.3 Å². The van der Waals surface area contributed by atoms with Crippen LogP contribution in [0.3, 0.4) is 0 Å². The molecule has 1 heterocycles. The average molecular weight is 515 g/mol. The van der Waals surface area contributed by atoms with E-state index in [1.165, 1.54) is 0 Å². The van der Waals surface area contributed by atoms with Crippen LogP contribution < -0.4 is 14.8 Å². The van der Waals surface area contributed by atoms with Crippen LogP contribution in [0, 0.1) is 0 Å². The highest BCUT2D eigenvalue weighted by atomic mass is 32.2. The van der Waals surface area contributed by atoms with Crippen molar-refractivity contribution in [3.05, 3.63) is 108 Å². The maximum absolute atomic E-state index is 13.4. The van der Waals surface area contributed by atoms with Gasteiger partial charge in [-0.2, -0.15) is 0 Å². The molecule has 4 aromatic carbocycles. The number of sulfonamides is 1. The lowest BCUT2D eigenvalue weighted by Crippen LogP contribution is -2.36. The van der Waals surface area contributed by atoms with Gasteiger partial charge >= 0.3 is 0 Å². The predicted molar refractivity (Wildman–Crippen MR) is 141 cm³/mol. The van der Waals surface area contributed by atoms with E-state index in [9.17, 15) is 18.0 Å². The zero-order valence-corrected chi connectivity index (χ0v) is 20.8. The van der Waals surface area contributed by atoms with Crippen LogP contribution in [0.5, 0.6) is 5.75 Å². The van der Waals surface area contributed by atoms with Crippen LogP contribution in [0.1, 0.15) is 46.4 Å². The summed E-state index contributed by atoms with van der Waals surface area (Å²) in [5.74, 6) is 0.269. The number of carbonyl (C=O) groups is 2. The van der Waals surface area contributed by atoms with Crippen molar-refractivity contribution in [3.63, 3.8) is 0 Å². The summed E-state index contributed by atoms with van der Waals surface area (Å²) in [6.07, 6.45) is 1.23. The number of hydrogen-bond donors (Lipinski definition) is 2. The van der Waals surface area contributed by atoms with Gasteiger partial charge in [-0.25, -0.2) is 13.1 Å². The third kappa shape index (κ3) is 5.55. The summed E-state index contributed by atoms with van der Waals surface area (Å²) < 4.78 is 35.1. The average Bonchev–Trinajstić information content (AvgIpc) is 2.92. The Kier molecular flexibility index (Phi) is 7.03. The fraction of sp³-hybridized carbons (Fsp3) is 0.172. The van der Waals surface area contributed by atoms with Gasteiger partial charge in [0.05, 0.1) is 23.6 Å². The Morgan fingerprint density at radius 2 is 1.70 bits per heavy atom.